The predicted octanol–water partition coefficient (Wildman–Crippen LogP) is 1.47. The summed E-state index contributed by atoms with van der Waals surface area (Å²) in [7, 11) is 0. The Kier molecular flexibility index (Phi) is 11.2. The number of hydrogen-bond acceptors (Lipinski definition) is 5. The van der Waals surface area contributed by atoms with Crippen LogP contribution in [0.2, 0.25) is 0 Å². The molecular weight excluding hydrogens is 336 g/mol. The number of allylic oxidation sites excluding steroid dienone is 2. The fraction of sp³-hybridized carbons (Fsp3) is 0.632. The van der Waals surface area contributed by atoms with Crippen molar-refractivity contribution in [3.8, 4) is 0 Å². The first kappa shape index (κ1) is 23.9. The fourth-order valence-electron chi connectivity index (χ4n) is 2.11. The maximum Gasteiger partial charge on any atom is 0.306 e. The molecule has 7 heteroatoms. The zero-order chi connectivity index (χ0) is 20.2. The minimum atomic E-state index is -0.769. The van der Waals surface area contributed by atoms with Crippen LogP contribution in [0.4, 0.5) is 0 Å². The van der Waals surface area contributed by atoms with Crippen molar-refractivity contribution in [3.63, 3.8) is 0 Å². The predicted molar refractivity (Wildman–Crippen MR) is 100 cm³/mol. The van der Waals surface area contributed by atoms with Gasteiger partial charge in [0.15, 0.2) is 0 Å². The van der Waals surface area contributed by atoms with E-state index >= 15 is 0 Å². The Bertz CT molecular complexity index is 502. The molecule has 0 aliphatic rings. The summed E-state index contributed by atoms with van der Waals surface area (Å²) in [5, 5.41) is 14.4. The number of carbonyl (C=O) groups excluding carboxylic acids is 3. The minimum Gasteiger partial charge on any atom is -0.463 e. The van der Waals surface area contributed by atoms with Gasteiger partial charge in [0.05, 0.1) is 18.1 Å². The summed E-state index contributed by atoms with van der Waals surface area (Å²) < 4.78 is 5.17. The molecule has 148 valence electrons. The van der Waals surface area contributed by atoms with Gasteiger partial charge in [-0.15, -0.1) is 13.2 Å². The number of ether oxygens (including phenoxy) is 1. The third-order valence-corrected chi connectivity index (χ3v) is 3.54. The van der Waals surface area contributed by atoms with Crippen molar-refractivity contribution in [1.29, 1.82) is 0 Å². The second kappa shape index (κ2) is 12.2. The molecular formula is C19H32N2O5. The number of nitrogens with one attached hydrogen (secondary N) is 2. The summed E-state index contributed by atoms with van der Waals surface area (Å²) in [6.07, 6.45) is 4.32. The lowest BCUT2D eigenvalue weighted by Crippen LogP contribution is -2.50. The lowest BCUT2D eigenvalue weighted by Gasteiger charge is -2.28. The quantitative estimate of drug-likeness (QED) is 0.337. The summed E-state index contributed by atoms with van der Waals surface area (Å²) >= 11 is 0. The molecule has 2 amide bonds. The molecule has 2 atom stereocenters. The van der Waals surface area contributed by atoms with Gasteiger partial charge in [0.1, 0.15) is 6.61 Å². The van der Waals surface area contributed by atoms with Crippen LogP contribution >= 0.6 is 0 Å². The molecule has 0 saturated heterocycles. The van der Waals surface area contributed by atoms with Gasteiger partial charge in [-0.3, -0.25) is 14.4 Å². The molecule has 0 spiro atoms. The molecule has 0 fully saturated rings. The second-order valence-corrected chi connectivity index (χ2v) is 6.94. The van der Waals surface area contributed by atoms with Crippen LogP contribution in [0.25, 0.3) is 0 Å². The third kappa shape index (κ3) is 10.7. The van der Waals surface area contributed by atoms with Crippen molar-refractivity contribution in [1.82, 2.24) is 10.6 Å². The van der Waals surface area contributed by atoms with Crippen LogP contribution in [0.5, 0.6) is 0 Å². The molecule has 0 aromatic carbocycles. The summed E-state index contributed by atoms with van der Waals surface area (Å²) in [6, 6.07) is -0.374. The highest BCUT2D eigenvalue weighted by Gasteiger charge is 2.28. The summed E-state index contributed by atoms with van der Waals surface area (Å²) in [5.74, 6) is -1.58. The number of amides is 2. The van der Waals surface area contributed by atoms with E-state index in [0.29, 0.717) is 12.8 Å². The van der Waals surface area contributed by atoms with E-state index in [9.17, 15) is 14.4 Å². The maximum atomic E-state index is 12.5. The highest BCUT2D eigenvalue weighted by Crippen LogP contribution is 2.13. The van der Waals surface area contributed by atoms with E-state index < -0.39 is 11.5 Å². The molecule has 26 heavy (non-hydrogen) atoms. The van der Waals surface area contributed by atoms with Crippen molar-refractivity contribution in [2.24, 2.45) is 5.92 Å². The first-order chi connectivity index (χ1) is 12.1. The van der Waals surface area contributed by atoms with Crippen molar-refractivity contribution in [3.05, 3.63) is 25.3 Å². The van der Waals surface area contributed by atoms with Crippen LogP contribution in [0.1, 0.15) is 46.5 Å². The fourth-order valence-corrected chi connectivity index (χ4v) is 2.11. The van der Waals surface area contributed by atoms with Crippen molar-refractivity contribution in [2.75, 3.05) is 13.2 Å². The van der Waals surface area contributed by atoms with Crippen molar-refractivity contribution < 1.29 is 24.2 Å². The van der Waals surface area contributed by atoms with Gasteiger partial charge in [-0.1, -0.05) is 12.2 Å². The van der Waals surface area contributed by atoms with E-state index in [1.165, 1.54) is 0 Å². The summed E-state index contributed by atoms with van der Waals surface area (Å²) in [5.41, 5.74) is -0.769. The normalized spacial score (nSPS) is 13.2. The average molecular weight is 368 g/mol. The maximum absolute atomic E-state index is 12.5. The number of rotatable bonds is 13. The average Bonchev–Trinajstić information content (AvgIpc) is 2.57. The standard InChI is InChI=1S/C19H32N2O5/c1-6-8-10-17(24)26-13-19(4,5)21-18(25)15(9-7-2)11-16(23)20-14(3)12-22/h6-7,14-15,22H,1-2,8-13H2,3-5H3,(H,20,23)(H,21,25)/t14-,15+/m0/s1. The minimum absolute atomic E-state index is 0.0165. The molecule has 7 nitrogen and oxygen atoms in total. The highest BCUT2D eigenvalue weighted by atomic mass is 16.5. The Labute approximate surface area is 155 Å². The second-order valence-electron chi connectivity index (χ2n) is 6.94. The van der Waals surface area contributed by atoms with Gasteiger partial charge in [-0.25, -0.2) is 0 Å². The first-order valence-corrected chi connectivity index (χ1v) is 8.74. The van der Waals surface area contributed by atoms with Gasteiger partial charge in [0.25, 0.3) is 0 Å². The highest BCUT2D eigenvalue weighted by molar-refractivity contribution is 5.86. The van der Waals surface area contributed by atoms with Crippen LogP contribution in [0, 0.1) is 5.92 Å². The number of esters is 1. The lowest BCUT2D eigenvalue weighted by atomic mass is 9.97. The zero-order valence-electron chi connectivity index (χ0n) is 16.0. The van der Waals surface area contributed by atoms with Crippen molar-refractivity contribution >= 4 is 17.8 Å². The number of aliphatic hydroxyl groups is 1. The molecule has 0 radical (unpaired) electrons. The van der Waals surface area contributed by atoms with Crippen molar-refractivity contribution in [2.45, 2.75) is 58.0 Å². The molecule has 0 heterocycles. The third-order valence-electron chi connectivity index (χ3n) is 3.54. The number of aliphatic hydroxyl groups excluding tert-OH is 1. The van der Waals surface area contributed by atoms with E-state index in [1.54, 1.807) is 32.9 Å². The lowest BCUT2D eigenvalue weighted by molar-refractivity contribution is -0.146. The first-order valence-electron chi connectivity index (χ1n) is 8.74. The van der Waals surface area contributed by atoms with E-state index in [2.05, 4.69) is 23.8 Å². The van der Waals surface area contributed by atoms with E-state index in [-0.39, 0.29) is 49.9 Å². The molecule has 0 aromatic rings. The summed E-state index contributed by atoms with van der Waals surface area (Å²) in [6.45, 7) is 12.2. The van der Waals surface area contributed by atoms with Crippen LogP contribution in [-0.2, 0) is 19.1 Å². The smallest absolute Gasteiger partial charge is 0.306 e. The Morgan fingerprint density at radius 2 is 1.88 bits per heavy atom. The Morgan fingerprint density at radius 1 is 1.23 bits per heavy atom. The molecule has 0 rings (SSSR count). The van der Waals surface area contributed by atoms with Crippen LogP contribution in [0.15, 0.2) is 25.3 Å². The zero-order valence-corrected chi connectivity index (χ0v) is 16.0. The molecule has 0 aliphatic heterocycles. The van der Waals surface area contributed by atoms with Crippen LogP contribution in [0.3, 0.4) is 0 Å². The number of carbonyl (C=O) groups is 3. The van der Waals surface area contributed by atoms with E-state index in [0.717, 1.165) is 0 Å². The number of hydrogen-bond donors (Lipinski definition) is 3. The Balaban J connectivity index is 4.66. The van der Waals surface area contributed by atoms with Crippen LogP contribution in [-0.4, -0.2) is 47.7 Å². The topological polar surface area (TPSA) is 105 Å². The SMILES string of the molecule is C=CCCC(=O)OCC(C)(C)NC(=O)[C@H](CC=C)CC(=O)N[C@@H](C)CO. The molecule has 0 aromatic heterocycles. The summed E-state index contributed by atoms with van der Waals surface area (Å²) in [4.78, 5) is 36.1. The van der Waals surface area contributed by atoms with Crippen LogP contribution < -0.4 is 10.6 Å². The van der Waals surface area contributed by atoms with Gasteiger partial charge in [-0.05, 0) is 33.6 Å². The van der Waals surface area contributed by atoms with E-state index in [1.807, 2.05) is 0 Å². The van der Waals surface area contributed by atoms with Gasteiger partial charge in [0, 0.05) is 18.9 Å². The molecule has 0 saturated carbocycles. The molecule has 3 N–H and O–H groups in total. The molecule has 0 unspecified atom stereocenters. The monoisotopic (exact) mass is 368 g/mol. The molecule has 0 aliphatic carbocycles. The van der Waals surface area contributed by atoms with Gasteiger partial charge < -0.3 is 20.5 Å². The van der Waals surface area contributed by atoms with Gasteiger partial charge in [0.2, 0.25) is 11.8 Å². The Morgan fingerprint density at radius 3 is 2.42 bits per heavy atom. The largest absolute Gasteiger partial charge is 0.463 e. The van der Waals surface area contributed by atoms with Gasteiger partial charge >= 0.3 is 5.97 Å². The van der Waals surface area contributed by atoms with Gasteiger partial charge in [-0.2, -0.15) is 0 Å². The van der Waals surface area contributed by atoms with E-state index in [4.69, 9.17) is 9.84 Å². The Hall–Kier alpha value is -2.15. The molecule has 0 bridgehead atoms.